The Bertz CT molecular complexity index is 1490. The SMILES string of the molecule is Cc1noc(-c2cccc3nc(NC(=O)c4ccccc4)n(C4COCCN(C(=O)/C=C/CN(C)C)C4)c23)n1. The second kappa shape index (κ2) is 11.6. The largest absolute Gasteiger partial charge is 0.377 e. The van der Waals surface area contributed by atoms with E-state index < -0.39 is 0 Å². The number of aromatic nitrogens is 4. The van der Waals surface area contributed by atoms with Crippen LogP contribution in [-0.4, -0.2) is 88.2 Å². The molecule has 1 saturated heterocycles. The molecule has 2 aromatic heterocycles. The highest BCUT2D eigenvalue weighted by Crippen LogP contribution is 2.34. The van der Waals surface area contributed by atoms with E-state index in [1.165, 1.54) is 0 Å². The Balaban J connectivity index is 1.58. The number of nitrogens with zero attached hydrogens (tertiary/aromatic N) is 6. The molecular weight excluding hydrogens is 498 g/mol. The van der Waals surface area contributed by atoms with Crippen LogP contribution in [0.25, 0.3) is 22.5 Å². The van der Waals surface area contributed by atoms with Gasteiger partial charge in [-0.3, -0.25) is 14.9 Å². The lowest BCUT2D eigenvalue weighted by molar-refractivity contribution is -0.126. The minimum absolute atomic E-state index is 0.0978. The van der Waals surface area contributed by atoms with E-state index in [1.54, 1.807) is 42.2 Å². The summed E-state index contributed by atoms with van der Waals surface area (Å²) < 4.78 is 13.4. The third kappa shape index (κ3) is 5.89. The van der Waals surface area contributed by atoms with Crippen molar-refractivity contribution in [3.05, 3.63) is 72.1 Å². The molecule has 0 bridgehead atoms. The van der Waals surface area contributed by atoms with Gasteiger partial charge in [-0.05, 0) is 45.3 Å². The van der Waals surface area contributed by atoms with Gasteiger partial charge < -0.3 is 23.6 Å². The first-order chi connectivity index (χ1) is 18.9. The molecule has 4 aromatic rings. The van der Waals surface area contributed by atoms with E-state index in [4.69, 9.17) is 14.2 Å². The first-order valence-corrected chi connectivity index (χ1v) is 12.8. The van der Waals surface area contributed by atoms with Gasteiger partial charge in [0.15, 0.2) is 5.82 Å². The number of ether oxygens (including phenoxy) is 1. The summed E-state index contributed by atoms with van der Waals surface area (Å²) in [5, 5.41) is 6.93. The Morgan fingerprint density at radius 1 is 1.13 bits per heavy atom. The van der Waals surface area contributed by atoms with Crippen molar-refractivity contribution < 1.29 is 18.8 Å². The van der Waals surface area contributed by atoms with Crippen LogP contribution in [0.3, 0.4) is 0 Å². The predicted octanol–water partition coefficient (Wildman–Crippen LogP) is 3.16. The van der Waals surface area contributed by atoms with E-state index in [0.29, 0.717) is 72.7 Å². The van der Waals surface area contributed by atoms with Crippen LogP contribution < -0.4 is 5.32 Å². The summed E-state index contributed by atoms with van der Waals surface area (Å²) in [6.45, 7) is 3.95. The van der Waals surface area contributed by atoms with Crippen LogP contribution in [0.2, 0.25) is 0 Å². The summed E-state index contributed by atoms with van der Waals surface area (Å²) in [6.07, 6.45) is 3.44. The molecule has 0 saturated carbocycles. The van der Waals surface area contributed by atoms with Crippen LogP contribution in [-0.2, 0) is 9.53 Å². The molecule has 39 heavy (non-hydrogen) atoms. The summed E-state index contributed by atoms with van der Waals surface area (Å²) in [7, 11) is 3.89. The molecule has 1 N–H and O–H groups in total. The third-order valence-corrected chi connectivity index (χ3v) is 6.38. The van der Waals surface area contributed by atoms with Gasteiger partial charge in [0.05, 0.1) is 35.9 Å². The number of para-hydroxylation sites is 1. The van der Waals surface area contributed by atoms with Crippen molar-refractivity contribution in [3.8, 4) is 11.5 Å². The van der Waals surface area contributed by atoms with Crippen LogP contribution in [0.15, 0.2) is 65.2 Å². The number of likely N-dealkylation sites (N-methyl/N-ethyl adjacent to an activating group) is 1. The van der Waals surface area contributed by atoms with Crippen LogP contribution in [0.4, 0.5) is 5.95 Å². The Morgan fingerprint density at radius 3 is 2.69 bits per heavy atom. The Morgan fingerprint density at radius 2 is 1.95 bits per heavy atom. The number of carbonyl (C=O) groups is 2. The van der Waals surface area contributed by atoms with Gasteiger partial charge >= 0.3 is 0 Å². The summed E-state index contributed by atoms with van der Waals surface area (Å²) in [4.78, 5) is 39.2. The molecule has 5 rings (SSSR count). The first-order valence-electron chi connectivity index (χ1n) is 12.8. The Hall–Kier alpha value is -4.35. The number of carbonyl (C=O) groups excluding carboxylic acids is 2. The van der Waals surface area contributed by atoms with Crippen LogP contribution in [0, 0.1) is 6.92 Å². The molecule has 11 nitrogen and oxygen atoms in total. The zero-order valence-corrected chi connectivity index (χ0v) is 22.2. The van der Waals surface area contributed by atoms with Crippen molar-refractivity contribution in [1.82, 2.24) is 29.5 Å². The van der Waals surface area contributed by atoms with Gasteiger partial charge in [0, 0.05) is 31.3 Å². The molecule has 2 amide bonds. The minimum Gasteiger partial charge on any atom is -0.377 e. The van der Waals surface area contributed by atoms with Crippen LogP contribution >= 0.6 is 0 Å². The Labute approximate surface area is 226 Å². The number of imidazole rings is 1. The van der Waals surface area contributed by atoms with Crippen molar-refractivity contribution >= 4 is 28.8 Å². The normalized spacial score (nSPS) is 16.2. The van der Waals surface area contributed by atoms with E-state index in [9.17, 15) is 9.59 Å². The molecule has 0 spiro atoms. The van der Waals surface area contributed by atoms with Crippen molar-refractivity contribution in [2.75, 3.05) is 52.3 Å². The summed E-state index contributed by atoms with van der Waals surface area (Å²) in [5.74, 6) is 0.795. The van der Waals surface area contributed by atoms with E-state index in [0.717, 1.165) is 0 Å². The molecule has 0 radical (unpaired) electrons. The maximum atomic E-state index is 13.2. The van der Waals surface area contributed by atoms with Crippen molar-refractivity contribution in [2.24, 2.45) is 0 Å². The van der Waals surface area contributed by atoms with E-state index in [1.807, 2.05) is 53.9 Å². The van der Waals surface area contributed by atoms with Gasteiger partial charge in [0.25, 0.3) is 11.8 Å². The molecular formula is C28H31N7O4. The number of anilines is 1. The van der Waals surface area contributed by atoms with Crippen LogP contribution in [0.1, 0.15) is 22.2 Å². The second-order valence-electron chi connectivity index (χ2n) is 9.62. The van der Waals surface area contributed by atoms with Crippen molar-refractivity contribution in [1.29, 1.82) is 0 Å². The van der Waals surface area contributed by atoms with Gasteiger partial charge in [0.1, 0.15) is 0 Å². The molecule has 1 aliphatic heterocycles. The molecule has 1 atom stereocenters. The first kappa shape index (κ1) is 26.3. The number of hydrogen-bond acceptors (Lipinski definition) is 8. The van der Waals surface area contributed by atoms with Gasteiger partial charge in [-0.25, -0.2) is 4.98 Å². The Kier molecular flexibility index (Phi) is 7.80. The van der Waals surface area contributed by atoms with Crippen LogP contribution in [0.5, 0.6) is 0 Å². The highest BCUT2D eigenvalue weighted by Gasteiger charge is 2.29. The molecule has 3 heterocycles. The smallest absolute Gasteiger partial charge is 0.260 e. The molecule has 2 aromatic carbocycles. The summed E-state index contributed by atoms with van der Waals surface area (Å²) in [5.41, 5.74) is 2.52. The molecule has 1 aliphatic rings. The van der Waals surface area contributed by atoms with E-state index >= 15 is 0 Å². The summed E-state index contributed by atoms with van der Waals surface area (Å²) >= 11 is 0. The number of benzene rings is 2. The average Bonchev–Trinajstić information content (AvgIpc) is 3.43. The quantitative estimate of drug-likeness (QED) is 0.363. The monoisotopic (exact) mass is 529 g/mol. The lowest BCUT2D eigenvalue weighted by atomic mass is 10.1. The maximum Gasteiger partial charge on any atom is 0.260 e. The molecule has 11 heteroatoms. The highest BCUT2D eigenvalue weighted by atomic mass is 16.5. The fourth-order valence-electron chi connectivity index (χ4n) is 4.55. The van der Waals surface area contributed by atoms with E-state index in [2.05, 4.69) is 15.5 Å². The zero-order valence-electron chi connectivity index (χ0n) is 22.2. The van der Waals surface area contributed by atoms with Gasteiger partial charge in [-0.15, -0.1) is 0 Å². The second-order valence-corrected chi connectivity index (χ2v) is 9.62. The lowest BCUT2D eigenvalue weighted by Gasteiger charge is -2.25. The number of hydrogen-bond donors (Lipinski definition) is 1. The lowest BCUT2D eigenvalue weighted by Crippen LogP contribution is -2.36. The number of nitrogens with one attached hydrogen (secondary N) is 1. The summed E-state index contributed by atoms with van der Waals surface area (Å²) in [6, 6.07) is 14.2. The zero-order chi connectivity index (χ0) is 27.4. The average molecular weight is 530 g/mol. The number of aryl methyl sites for hydroxylation is 1. The van der Waals surface area contributed by atoms with Crippen molar-refractivity contribution in [3.63, 3.8) is 0 Å². The maximum absolute atomic E-state index is 13.2. The fourth-order valence-corrected chi connectivity index (χ4v) is 4.55. The third-order valence-electron chi connectivity index (χ3n) is 6.38. The van der Waals surface area contributed by atoms with E-state index in [-0.39, 0.29) is 17.9 Å². The minimum atomic E-state index is -0.347. The number of fused-ring (bicyclic) bond motifs is 1. The standard InChI is InChI=1S/C28H31N7O4/c1-19-29-27(39-32-19)22-11-7-12-23-25(22)35(28(30-23)31-26(37)20-9-5-4-6-10-20)21-17-34(15-16-38-18-21)24(36)13-8-14-33(2)3/h4-13,21H,14-18H2,1-3H3,(H,30,31,37)/b13-8+. The van der Waals surface area contributed by atoms with Gasteiger partial charge in [0.2, 0.25) is 11.9 Å². The highest BCUT2D eigenvalue weighted by molar-refractivity contribution is 6.04. The van der Waals surface area contributed by atoms with Gasteiger partial charge in [-0.1, -0.05) is 35.5 Å². The van der Waals surface area contributed by atoms with Gasteiger partial charge in [-0.2, -0.15) is 4.98 Å². The fraction of sp³-hybridized carbons (Fsp3) is 0.321. The number of rotatable bonds is 7. The number of amides is 2. The molecule has 202 valence electrons. The molecule has 1 unspecified atom stereocenters. The molecule has 0 aliphatic carbocycles. The predicted molar refractivity (Wildman–Crippen MR) is 146 cm³/mol. The molecule has 1 fully saturated rings. The van der Waals surface area contributed by atoms with Crippen molar-refractivity contribution in [2.45, 2.75) is 13.0 Å². The topological polar surface area (TPSA) is 119 Å².